The number of carbonyl (C=O) groups is 5. The highest BCUT2D eigenvalue weighted by atomic mass is 16.4. The molecule has 11 nitrogen and oxygen atoms in total. The van der Waals surface area contributed by atoms with E-state index in [0.29, 0.717) is 6.42 Å². The van der Waals surface area contributed by atoms with Crippen LogP contribution in [-0.2, 0) is 24.0 Å². The van der Waals surface area contributed by atoms with Crippen LogP contribution in [-0.4, -0.2) is 65.0 Å². The van der Waals surface area contributed by atoms with Crippen LogP contribution in [0.2, 0.25) is 0 Å². The van der Waals surface area contributed by atoms with Crippen molar-refractivity contribution in [2.24, 2.45) is 11.7 Å². The number of hydrogen-bond acceptors (Lipinski definition) is 6. The van der Waals surface area contributed by atoms with E-state index < -0.39 is 54.7 Å². The van der Waals surface area contributed by atoms with Gasteiger partial charge in [0, 0.05) is 6.42 Å². The van der Waals surface area contributed by atoms with Gasteiger partial charge in [-0.25, -0.2) is 4.79 Å². The molecule has 0 saturated carbocycles. The number of aliphatic carboxylic acids is 2. The molecule has 0 aliphatic rings. The van der Waals surface area contributed by atoms with E-state index in [1.807, 2.05) is 6.92 Å². The quantitative estimate of drug-likeness (QED) is 0.227. The van der Waals surface area contributed by atoms with Crippen LogP contribution in [0.25, 0.3) is 0 Å². The van der Waals surface area contributed by atoms with E-state index in [-0.39, 0.29) is 18.9 Å². The summed E-state index contributed by atoms with van der Waals surface area (Å²) in [7, 11) is 0. The molecule has 7 N–H and O–H groups in total. The van der Waals surface area contributed by atoms with E-state index in [0.717, 1.165) is 0 Å². The Bertz CT molecular complexity index is 538. The highest BCUT2D eigenvalue weighted by Gasteiger charge is 2.26. The molecule has 3 unspecified atom stereocenters. The third-order valence-corrected chi connectivity index (χ3v) is 3.70. The fourth-order valence-corrected chi connectivity index (χ4v) is 1.98. The Balaban J connectivity index is 4.68. The molecule has 0 aliphatic heterocycles. The summed E-state index contributed by atoms with van der Waals surface area (Å²) in [5.41, 5.74) is 5.21. The molecule has 26 heavy (non-hydrogen) atoms. The van der Waals surface area contributed by atoms with Crippen LogP contribution in [0.3, 0.4) is 0 Å². The molecule has 11 heteroatoms. The van der Waals surface area contributed by atoms with Crippen molar-refractivity contribution in [3.63, 3.8) is 0 Å². The maximum atomic E-state index is 12.2. The zero-order chi connectivity index (χ0) is 20.3. The summed E-state index contributed by atoms with van der Waals surface area (Å²) in [4.78, 5) is 56.9. The Hall–Kier alpha value is -2.69. The first-order valence-electron chi connectivity index (χ1n) is 8.13. The van der Waals surface area contributed by atoms with Crippen molar-refractivity contribution in [3.8, 4) is 0 Å². The van der Waals surface area contributed by atoms with Crippen LogP contribution in [0.1, 0.15) is 33.1 Å². The third kappa shape index (κ3) is 8.97. The zero-order valence-electron chi connectivity index (χ0n) is 14.8. The van der Waals surface area contributed by atoms with Gasteiger partial charge in [0.05, 0.1) is 13.1 Å². The molecule has 0 rings (SSSR count). The minimum Gasteiger partial charge on any atom is -0.481 e. The molecule has 0 bridgehead atoms. The van der Waals surface area contributed by atoms with Gasteiger partial charge in [0.15, 0.2) is 0 Å². The summed E-state index contributed by atoms with van der Waals surface area (Å²) < 4.78 is 0. The van der Waals surface area contributed by atoms with Crippen LogP contribution >= 0.6 is 0 Å². The van der Waals surface area contributed by atoms with Crippen molar-refractivity contribution in [2.45, 2.75) is 45.2 Å². The number of carboxylic acids is 2. The van der Waals surface area contributed by atoms with Gasteiger partial charge in [-0.3, -0.25) is 19.2 Å². The Morgan fingerprint density at radius 2 is 1.65 bits per heavy atom. The van der Waals surface area contributed by atoms with E-state index in [9.17, 15) is 24.0 Å². The first kappa shape index (κ1) is 23.3. The lowest BCUT2D eigenvalue weighted by molar-refractivity contribution is -0.143. The largest absolute Gasteiger partial charge is 0.481 e. The van der Waals surface area contributed by atoms with Crippen molar-refractivity contribution in [1.29, 1.82) is 0 Å². The molecule has 0 aromatic rings. The van der Waals surface area contributed by atoms with E-state index >= 15 is 0 Å². The van der Waals surface area contributed by atoms with E-state index in [1.165, 1.54) is 0 Å². The normalized spacial score (nSPS) is 13.8. The number of amides is 3. The summed E-state index contributed by atoms with van der Waals surface area (Å²) in [6.07, 6.45) is -0.122. The van der Waals surface area contributed by atoms with Gasteiger partial charge >= 0.3 is 11.9 Å². The van der Waals surface area contributed by atoms with E-state index in [2.05, 4.69) is 16.0 Å². The lowest BCUT2D eigenvalue weighted by atomic mass is 9.98. The zero-order valence-corrected chi connectivity index (χ0v) is 14.8. The van der Waals surface area contributed by atoms with Gasteiger partial charge in [0.1, 0.15) is 12.1 Å². The molecule has 0 fully saturated rings. The molecule has 3 amide bonds. The Morgan fingerprint density at radius 3 is 2.12 bits per heavy atom. The molecule has 0 aromatic heterocycles. The first-order valence-corrected chi connectivity index (χ1v) is 8.13. The summed E-state index contributed by atoms with van der Waals surface area (Å²) in [6, 6.07) is -2.26. The highest BCUT2D eigenvalue weighted by molar-refractivity contribution is 5.92. The fourth-order valence-electron chi connectivity index (χ4n) is 1.98. The molecule has 148 valence electrons. The summed E-state index contributed by atoms with van der Waals surface area (Å²) in [5, 5.41) is 24.5. The van der Waals surface area contributed by atoms with Gasteiger partial charge in [0.25, 0.3) is 0 Å². The Kier molecular flexibility index (Phi) is 10.6. The van der Waals surface area contributed by atoms with E-state index in [1.54, 1.807) is 6.92 Å². The van der Waals surface area contributed by atoms with Crippen molar-refractivity contribution in [1.82, 2.24) is 16.0 Å². The average Bonchev–Trinajstić information content (AvgIpc) is 2.59. The Labute approximate surface area is 150 Å². The second-order valence-corrected chi connectivity index (χ2v) is 5.74. The van der Waals surface area contributed by atoms with Gasteiger partial charge in [-0.1, -0.05) is 20.3 Å². The van der Waals surface area contributed by atoms with Crippen molar-refractivity contribution in [3.05, 3.63) is 0 Å². The maximum Gasteiger partial charge on any atom is 0.326 e. The van der Waals surface area contributed by atoms with Crippen LogP contribution in [0.4, 0.5) is 0 Å². The molecular weight excluding hydrogens is 348 g/mol. The SMILES string of the molecule is CCC(C)C(NC(=O)CN)C(=O)NCC(=O)NC(CCC(=O)O)C(=O)O. The van der Waals surface area contributed by atoms with Crippen LogP contribution in [0, 0.1) is 5.92 Å². The molecule has 0 saturated heterocycles. The molecule has 0 aromatic carbocycles. The molecule has 0 radical (unpaired) electrons. The molecule has 0 heterocycles. The predicted molar refractivity (Wildman–Crippen MR) is 89.9 cm³/mol. The monoisotopic (exact) mass is 374 g/mol. The molecule has 0 aliphatic carbocycles. The van der Waals surface area contributed by atoms with Gasteiger partial charge in [0.2, 0.25) is 17.7 Å². The maximum absolute atomic E-state index is 12.2. The van der Waals surface area contributed by atoms with Crippen molar-refractivity contribution >= 4 is 29.7 Å². The van der Waals surface area contributed by atoms with Gasteiger partial charge in [-0.15, -0.1) is 0 Å². The smallest absolute Gasteiger partial charge is 0.326 e. The predicted octanol–water partition coefficient (Wildman–Crippen LogP) is -1.97. The number of nitrogens with two attached hydrogens (primary N) is 1. The number of nitrogens with one attached hydrogen (secondary N) is 3. The summed E-state index contributed by atoms with van der Waals surface area (Å²) in [6.45, 7) is 2.77. The van der Waals surface area contributed by atoms with Crippen LogP contribution < -0.4 is 21.7 Å². The van der Waals surface area contributed by atoms with Crippen molar-refractivity contribution in [2.75, 3.05) is 13.1 Å². The Morgan fingerprint density at radius 1 is 1.04 bits per heavy atom. The summed E-state index contributed by atoms with van der Waals surface area (Å²) >= 11 is 0. The topological polar surface area (TPSA) is 188 Å². The number of rotatable bonds is 12. The third-order valence-electron chi connectivity index (χ3n) is 3.70. The highest BCUT2D eigenvalue weighted by Crippen LogP contribution is 2.07. The second kappa shape index (κ2) is 11.8. The van der Waals surface area contributed by atoms with E-state index in [4.69, 9.17) is 15.9 Å². The second-order valence-electron chi connectivity index (χ2n) is 5.74. The number of carboxylic acid groups (broad SMARTS) is 2. The molecule has 3 atom stereocenters. The summed E-state index contributed by atoms with van der Waals surface area (Å²) in [5.74, 6) is -4.69. The molecular formula is C15H26N4O7. The first-order chi connectivity index (χ1) is 12.1. The fraction of sp³-hybridized carbons (Fsp3) is 0.667. The number of carbonyl (C=O) groups excluding carboxylic acids is 3. The lowest BCUT2D eigenvalue weighted by Crippen LogP contribution is -2.53. The minimum absolute atomic E-state index is 0.212. The van der Waals surface area contributed by atoms with Gasteiger partial charge in [-0.05, 0) is 12.3 Å². The molecule has 0 spiro atoms. The lowest BCUT2D eigenvalue weighted by Gasteiger charge is -2.23. The van der Waals surface area contributed by atoms with Crippen molar-refractivity contribution < 1.29 is 34.2 Å². The van der Waals surface area contributed by atoms with Gasteiger partial charge < -0.3 is 31.9 Å². The van der Waals surface area contributed by atoms with Gasteiger partial charge in [-0.2, -0.15) is 0 Å². The number of hydrogen-bond donors (Lipinski definition) is 6. The minimum atomic E-state index is -1.38. The van der Waals surface area contributed by atoms with Crippen LogP contribution in [0.15, 0.2) is 0 Å². The average molecular weight is 374 g/mol. The van der Waals surface area contributed by atoms with Crippen LogP contribution in [0.5, 0.6) is 0 Å². The standard InChI is InChI=1S/C15H26N4O7/c1-3-8(2)13(19-10(20)6-16)14(24)17-7-11(21)18-9(15(25)26)4-5-12(22)23/h8-9,13H,3-7,16H2,1-2H3,(H,17,24)(H,18,21)(H,19,20)(H,22,23)(H,25,26).